The predicted molar refractivity (Wildman–Crippen MR) is 35.5 cm³/mol. The minimum absolute atomic E-state index is 0.172. The van der Waals surface area contributed by atoms with E-state index in [1.807, 2.05) is 6.08 Å². The fourth-order valence-corrected chi connectivity index (χ4v) is 0.873. The number of hydrogen-bond acceptors (Lipinski definition) is 2. The maximum atomic E-state index is 10.1. The zero-order chi connectivity index (χ0) is 7.40. The quantitative estimate of drug-likeness (QED) is 0.643. The molecule has 0 saturated carbocycles. The highest BCUT2D eigenvalue weighted by atomic mass is 16.5. The molecular weight excluding hydrogens is 132 g/mol. The van der Waals surface area contributed by atoms with Gasteiger partial charge in [0.2, 0.25) is 0 Å². The van der Waals surface area contributed by atoms with E-state index in [1.165, 1.54) is 0 Å². The Morgan fingerprint density at radius 3 is 3.10 bits per heavy atom. The number of carboxylic acid groups (broad SMARTS) is 1. The van der Waals surface area contributed by atoms with Crippen molar-refractivity contribution in [3.05, 3.63) is 11.8 Å². The van der Waals surface area contributed by atoms with Crippen LogP contribution in [0.25, 0.3) is 0 Å². The predicted octanol–water partition coefficient (Wildman–Crippen LogP) is 1.16. The molecule has 0 radical (unpaired) electrons. The van der Waals surface area contributed by atoms with E-state index >= 15 is 0 Å². The Bertz CT molecular complexity index is 160. The van der Waals surface area contributed by atoms with Gasteiger partial charge in [-0.3, -0.25) is 4.79 Å². The monoisotopic (exact) mass is 142 g/mol. The summed E-state index contributed by atoms with van der Waals surface area (Å²) in [6.45, 7) is 0.717. The fraction of sp³-hybridized carbons (Fsp3) is 0.571. The van der Waals surface area contributed by atoms with Crippen LogP contribution in [0.1, 0.15) is 19.3 Å². The topological polar surface area (TPSA) is 46.5 Å². The Morgan fingerprint density at radius 1 is 1.80 bits per heavy atom. The van der Waals surface area contributed by atoms with Crippen LogP contribution in [-0.4, -0.2) is 17.7 Å². The van der Waals surface area contributed by atoms with Crippen molar-refractivity contribution in [2.45, 2.75) is 19.3 Å². The molecule has 1 rings (SSSR count). The van der Waals surface area contributed by atoms with Gasteiger partial charge in [-0.1, -0.05) is 0 Å². The summed E-state index contributed by atoms with van der Waals surface area (Å²) >= 11 is 0. The van der Waals surface area contributed by atoms with Gasteiger partial charge >= 0.3 is 5.97 Å². The van der Waals surface area contributed by atoms with Crippen molar-refractivity contribution in [1.82, 2.24) is 0 Å². The van der Waals surface area contributed by atoms with Crippen molar-refractivity contribution in [1.29, 1.82) is 0 Å². The third-order valence-corrected chi connectivity index (χ3v) is 1.36. The summed E-state index contributed by atoms with van der Waals surface area (Å²) < 4.78 is 5.10. The molecule has 0 unspecified atom stereocenters. The van der Waals surface area contributed by atoms with Crippen LogP contribution in [0.2, 0.25) is 0 Å². The second-order valence-corrected chi connectivity index (χ2v) is 2.20. The number of hydrogen-bond donors (Lipinski definition) is 1. The van der Waals surface area contributed by atoms with Crippen LogP contribution in [0, 0.1) is 0 Å². The zero-order valence-electron chi connectivity index (χ0n) is 5.67. The zero-order valence-corrected chi connectivity index (χ0v) is 5.67. The number of carboxylic acids is 1. The first kappa shape index (κ1) is 7.12. The van der Waals surface area contributed by atoms with E-state index in [-0.39, 0.29) is 6.42 Å². The number of ether oxygens (including phenoxy) is 1. The van der Waals surface area contributed by atoms with Crippen LogP contribution in [0.15, 0.2) is 11.8 Å². The van der Waals surface area contributed by atoms with Gasteiger partial charge in [-0.2, -0.15) is 0 Å². The summed E-state index contributed by atoms with van der Waals surface area (Å²) in [7, 11) is 0. The van der Waals surface area contributed by atoms with Gasteiger partial charge in [0.05, 0.1) is 18.8 Å². The first-order valence-corrected chi connectivity index (χ1v) is 3.32. The van der Waals surface area contributed by atoms with Crippen LogP contribution in [0.4, 0.5) is 0 Å². The van der Waals surface area contributed by atoms with Crippen LogP contribution < -0.4 is 0 Å². The summed E-state index contributed by atoms with van der Waals surface area (Å²) in [5.41, 5.74) is 0. The number of aliphatic carboxylic acids is 1. The maximum absolute atomic E-state index is 10.1. The van der Waals surface area contributed by atoms with Crippen molar-refractivity contribution < 1.29 is 14.6 Å². The van der Waals surface area contributed by atoms with Crippen molar-refractivity contribution >= 4 is 5.97 Å². The minimum Gasteiger partial charge on any atom is -0.498 e. The minimum atomic E-state index is -0.767. The Hall–Kier alpha value is -0.990. The van der Waals surface area contributed by atoms with Gasteiger partial charge in [0.25, 0.3) is 0 Å². The van der Waals surface area contributed by atoms with E-state index in [2.05, 4.69) is 0 Å². The van der Waals surface area contributed by atoms with E-state index in [0.29, 0.717) is 6.42 Å². The fourth-order valence-electron chi connectivity index (χ4n) is 0.873. The van der Waals surface area contributed by atoms with E-state index in [4.69, 9.17) is 9.84 Å². The Kier molecular flexibility index (Phi) is 2.31. The van der Waals surface area contributed by atoms with Crippen molar-refractivity contribution in [3.63, 3.8) is 0 Å². The van der Waals surface area contributed by atoms with Gasteiger partial charge in [0, 0.05) is 12.8 Å². The number of allylic oxidation sites excluding steroid dienone is 1. The average Bonchev–Trinajstić information content (AvgIpc) is 2.34. The molecule has 0 fully saturated rings. The molecule has 0 saturated heterocycles. The van der Waals surface area contributed by atoms with Gasteiger partial charge in [0.15, 0.2) is 0 Å². The molecule has 56 valence electrons. The summed E-state index contributed by atoms with van der Waals surface area (Å²) in [6, 6.07) is 0. The lowest BCUT2D eigenvalue weighted by molar-refractivity contribution is -0.137. The highest BCUT2D eigenvalue weighted by Gasteiger charge is 2.06. The molecule has 1 N–H and O–H groups in total. The molecule has 0 bridgehead atoms. The summed E-state index contributed by atoms with van der Waals surface area (Å²) in [4.78, 5) is 10.1. The van der Waals surface area contributed by atoms with Crippen molar-refractivity contribution in [3.8, 4) is 0 Å². The molecule has 0 aromatic carbocycles. The van der Waals surface area contributed by atoms with E-state index in [1.54, 1.807) is 0 Å². The number of rotatable bonds is 3. The first-order valence-electron chi connectivity index (χ1n) is 3.32. The molecule has 0 atom stereocenters. The summed E-state index contributed by atoms with van der Waals surface area (Å²) in [5, 5.41) is 8.29. The lowest BCUT2D eigenvalue weighted by Crippen LogP contribution is -1.95. The molecule has 0 aromatic rings. The van der Waals surface area contributed by atoms with Crippen LogP contribution in [0.3, 0.4) is 0 Å². The SMILES string of the molecule is O=C(O)CCC1=CCCO1. The van der Waals surface area contributed by atoms with E-state index < -0.39 is 5.97 Å². The molecule has 3 heteroatoms. The van der Waals surface area contributed by atoms with Gasteiger partial charge in [-0.15, -0.1) is 0 Å². The number of carbonyl (C=O) groups is 1. The Balaban J connectivity index is 2.19. The highest BCUT2D eigenvalue weighted by Crippen LogP contribution is 2.14. The van der Waals surface area contributed by atoms with E-state index in [0.717, 1.165) is 18.8 Å². The maximum Gasteiger partial charge on any atom is 0.303 e. The molecule has 0 spiro atoms. The third kappa shape index (κ3) is 2.09. The highest BCUT2D eigenvalue weighted by molar-refractivity contribution is 5.66. The second-order valence-electron chi connectivity index (χ2n) is 2.20. The largest absolute Gasteiger partial charge is 0.498 e. The lowest BCUT2D eigenvalue weighted by atomic mass is 10.2. The van der Waals surface area contributed by atoms with Gasteiger partial charge in [-0.25, -0.2) is 0 Å². The van der Waals surface area contributed by atoms with Crippen LogP contribution >= 0.6 is 0 Å². The smallest absolute Gasteiger partial charge is 0.303 e. The molecule has 1 heterocycles. The second kappa shape index (κ2) is 3.25. The van der Waals surface area contributed by atoms with Gasteiger partial charge in [-0.05, 0) is 6.08 Å². The average molecular weight is 142 g/mol. The molecule has 0 amide bonds. The lowest BCUT2D eigenvalue weighted by Gasteiger charge is -1.99. The molecular formula is C7H10O3. The standard InChI is InChI=1S/C7H10O3/c8-7(9)4-3-6-2-1-5-10-6/h2H,1,3-5H2,(H,8,9). The summed E-state index contributed by atoms with van der Waals surface area (Å²) in [6.07, 6.45) is 3.58. The molecule has 0 aliphatic carbocycles. The molecule has 0 aromatic heterocycles. The molecule has 3 nitrogen and oxygen atoms in total. The Morgan fingerprint density at radius 2 is 2.60 bits per heavy atom. The van der Waals surface area contributed by atoms with Crippen molar-refractivity contribution in [2.24, 2.45) is 0 Å². The van der Waals surface area contributed by atoms with Crippen LogP contribution in [-0.2, 0) is 9.53 Å². The summed E-state index contributed by atoms with van der Waals surface area (Å²) in [5.74, 6) is 0.0683. The normalized spacial score (nSPS) is 16.2. The first-order chi connectivity index (χ1) is 4.79. The van der Waals surface area contributed by atoms with E-state index in [9.17, 15) is 4.79 Å². The van der Waals surface area contributed by atoms with Crippen molar-refractivity contribution in [2.75, 3.05) is 6.61 Å². The molecule has 1 aliphatic heterocycles. The molecule has 10 heavy (non-hydrogen) atoms. The Labute approximate surface area is 59.3 Å². The van der Waals surface area contributed by atoms with Gasteiger partial charge in [0.1, 0.15) is 0 Å². The third-order valence-electron chi connectivity index (χ3n) is 1.36. The van der Waals surface area contributed by atoms with Crippen LogP contribution in [0.5, 0.6) is 0 Å². The molecule has 1 aliphatic rings. The van der Waals surface area contributed by atoms with Gasteiger partial charge < -0.3 is 9.84 Å².